The summed E-state index contributed by atoms with van der Waals surface area (Å²) in [5, 5.41) is 4.26. The van der Waals surface area contributed by atoms with Gasteiger partial charge in [0.15, 0.2) is 11.6 Å². The van der Waals surface area contributed by atoms with E-state index >= 15 is 0 Å². The summed E-state index contributed by atoms with van der Waals surface area (Å²) < 4.78 is 54.8. The molecule has 1 aliphatic rings. The van der Waals surface area contributed by atoms with Gasteiger partial charge in [0.05, 0.1) is 10.5 Å². The first kappa shape index (κ1) is 19.4. The highest BCUT2D eigenvalue weighted by Crippen LogP contribution is 2.31. The molecule has 0 bridgehead atoms. The van der Waals surface area contributed by atoms with Gasteiger partial charge < -0.3 is 5.32 Å². The van der Waals surface area contributed by atoms with Crippen molar-refractivity contribution in [3.63, 3.8) is 0 Å². The number of carbonyl (C=O) groups excluding carboxylic acids is 1. The van der Waals surface area contributed by atoms with E-state index in [1.165, 1.54) is 24.5 Å². The van der Waals surface area contributed by atoms with Crippen LogP contribution in [0.1, 0.15) is 17.3 Å². The van der Waals surface area contributed by atoms with E-state index in [1.54, 1.807) is 12.1 Å². The lowest BCUT2D eigenvalue weighted by Gasteiger charge is -2.35. The number of carbonyl (C=O) groups is 1. The number of nitrogens with zero attached hydrogens (tertiary/aromatic N) is 1. The van der Waals surface area contributed by atoms with Crippen LogP contribution in [0.2, 0.25) is 0 Å². The Morgan fingerprint density at radius 2 is 2.15 bits per heavy atom. The zero-order chi connectivity index (χ0) is 19.1. The molecular weight excluding hydrogens is 452 g/mol. The van der Waals surface area contributed by atoms with Crippen LogP contribution in [0.4, 0.5) is 14.5 Å². The van der Waals surface area contributed by atoms with Gasteiger partial charge >= 0.3 is 0 Å². The predicted octanol–water partition coefficient (Wildman–Crippen LogP) is 3.01. The lowest BCUT2D eigenvalue weighted by atomic mass is 10.1. The fourth-order valence-electron chi connectivity index (χ4n) is 2.64. The number of anilines is 1. The average molecular weight is 466 g/mol. The summed E-state index contributed by atoms with van der Waals surface area (Å²) in [6, 6.07) is 4.09. The number of benzene rings is 1. The number of halogens is 3. The van der Waals surface area contributed by atoms with Gasteiger partial charge in [-0.15, -0.1) is 11.3 Å². The summed E-state index contributed by atoms with van der Waals surface area (Å²) in [6.45, 7) is 0. The number of hydrogen-bond acceptors (Lipinski definition) is 4. The minimum Gasteiger partial charge on any atom is -0.325 e. The molecule has 2 unspecified atom stereocenters. The number of nitrogens with one attached hydrogen (secondary N) is 2. The van der Waals surface area contributed by atoms with Crippen molar-refractivity contribution < 1.29 is 22.0 Å². The molecule has 140 valence electrons. The van der Waals surface area contributed by atoms with Gasteiger partial charge in [0.2, 0.25) is 5.91 Å². The molecule has 1 saturated heterocycles. The van der Waals surface area contributed by atoms with Crippen LogP contribution in [-0.2, 0) is 15.0 Å². The second kappa shape index (κ2) is 7.31. The van der Waals surface area contributed by atoms with Crippen molar-refractivity contribution in [2.45, 2.75) is 18.5 Å². The molecule has 2 aromatic rings. The molecule has 0 spiro atoms. The molecule has 1 fully saturated rings. The standard InChI is InChI=1S/C15H14BrF2N3O3S2/c1-21-12(7-11(20-26(21,23)24)13-3-2-4-25-13)15(22)19-8-5-9(16)14(18)10(17)6-8/h2-6,11-12,20H,7H2,1H3,(H,19,22). The van der Waals surface area contributed by atoms with Gasteiger partial charge in [-0.3, -0.25) is 4.79 Å². The van der Waals surface area contributed by atoms with Crippen LogP contribution in [0.5, 0.6) is 0 Å². The number of likely N-dealkylation sites (N-methyl/N-ethyl adjacent to an activating group) is 1. The Morgan fingerprint density at radius 1 is 1.42 bits per heavy atom. The molecule has 2 heterocycles. The summed E-state index contributed by atoms with van der Waals surface area (Å²) in [4.78, 5) is 13.4. The van der Waals surface area contributed by atoms with Crippen molar-refractivity contribution in [1.82, 2.24) is 9.03 Å². The normalized spacial score (nSPS) is 22.9. The average Bonchev–Trinajstić information content (AvgIpc) is 3.09. The zero-order valence-corrected chi connectivity index (χ0v) is 16.6. The van der Waals surface area contributed by atoms with Crippen molar-refractivity contribution in [3.05, 3.63) is 50.6 Å². The molecule has 26 heavy (non-hydrogen) atoms. The third-order valence-electron chi connectivity index (χ3n) is 4.01. The summed E-state index contributed by atoms with van der Waals surface area (Å²) in [5.41, 5.74) is 0.0257. The number of rotatable bonds is 3. The van der Waals surface area contributed by atoms with Crippen molar-refractivity contribution in [3.8, 4) is 0 Å². The van der Waals surface area contributed by atoms with Crippen LogP contribution < -0.4 is 10.0 Å². The highest BCUT2D eigenvalue weighted by atomic mass is 79.9. The smallest absolute Gasteiger partial charge is 0.280 e. The first-order valence-corrected chi connectivity index (χ1v) is 10.5. The fraction of sp³-hybridized carbons (Fsp3) is 0.267. The van der Waals surface area contributed by atoms with E-state index in [-0.39, 0.29) is 16.6 Å². The Labute approximate surface area is 161 Å². The molecule has 3 rings (SSSR count). The molecule has 2 N–H and O–H groups in total. The second-order valence-electron chi connectivity index (χ2n) is 5.70. The van der Waals surface area contributed by atoms with Crippen molar-refractivity contribution in [2.75, 3.05) is 12.4 Å². The molecule has 0 aliphatic carbocycles. The monoisotopic (exact) mass is 465 g/mol. The van der Waals surface area contributed by atoms with Crippen molar-refractivity contribution >= 4 is 49.1 Å². The van der Waals surface area contributed by atoms with Gasteiger partial charge in [0.1, 0.15) is 6.04 Å². The van der Waals surface area contributed by atoms with Crippen LogP contribution in [0.25, 0.3) is 0 Å². The topological polar surface area (TPSA) is 78.5 Å². The fourth-order valence-corrected chi connectivity index (χ4v) is 5.21. The molecule has 2 atom stereocenters. The van der Waals surface area contributed by atoms with E-state index in [0.29, 0.717) is 0 Å². The third kappa shape index (κ3) is 3.81. The lowest BCUT2D eigenvalue weighted by molar-refractivity contribution is -0.120. The molecule has 0 radical (unpaired) electrons. The van der Waals surface area contributed by atoms with Crippen LogP contribution >= 0.6 is 27.3 Å². The minimum absolute atomic E-state index is 0.0257. The SMILES string of the molecule is CN1C(C(=O)Nc2cc(F)c(F)c(Br)c2)CC(c2cccs2)NS1(=O)=O. The number of amides is 1. The highest BCUT2D eigenvalue weighted by molar-refractivity contribution is 9.10. The summed E-state index contributed by atoms with van der Waals surface area (Å²) >= 11 is 4.25. The minimum atomic E-state index is -3.86. The molecule has 0 saturated carbocycles. The first-order chi connectivity index (χ1) is 12.2. The Hall–Kier alpha value is -1.40. The summed E-state index contributed by atoms with van der Waals surface area (Å²) in [5.74, 6) is -2.82. The van der Waals surface area contributed by atoms with Gasteiger partial charge in [-0.1, -0.05) is 6.07 Å². The van der Waals surface area contributed by atoms with Crippen molar-refractivity contribution in [1.29, 1.82) is 0 Å². The quantitative estimate of drug-likeness (QED) is 0.683. The Morgan fingerprint density at radius 3 is 2.77 bits per heavy atom. The molecule has 11 heteroatoms. The van der Waals surface area contributed by atoms with Crippen molar-refractivity contribution in [2.24, 2.45) is 0 Å². The van der Waals surface area contributed by atoms with Gasteiger partial charge in [-0.2, -0.15) is 17.4 Å². The van der Waals surface area contributed by atoms with E-state index in [0.717, 1.165) is 15.2 Å². The van der Waals surface area contributed by atoms with Gasteiger partial charge in [-0.25, -0.2) is 8.78 Å². The van der Waals surface area contributed by atoms with Crippen LogP contribution in [0.15, 0.2) is 34.1 Å². The number of thiophene rings is 1. The maximum Gasteiger partial charge on any atom is 0.280 e. The Bertz CT molecular complexity index is 915. The van der Waals surface area contributed by atoms with Crippen LogP contribution in [-0.4, -0.2) is 31.7 Å². The molecule has 6 nitrogen and oxygen atoms in total. The molecule has 1 aromatic carbocycles. The van der Waals surface area contributed by atoms with Gasteiger partial charge in [0, 0.05) is 23.7 Å². The second-order valence-corrected chi connectivity index (χ2v) is 9.30. The van der Waals surface area contributed by atoms with E-state index in [4.69, 9.17) is 0 Å². The van der Waals surface area contributed by atoms with E-state index < -0.39 is 39.8 Å². The Balaban J connectivity index is 1.85. The Kier molecular flexibility index (Phi) is 5.45. The zero-order valence-electron chi connectivity index (χ0n) is 13.4. The molecular formula is C15H14BrF2N3O3S2. The lowest BCUT2D eigenvalue weighted by Crippen LogP contribution is -2.55. The van der Waals surface area contributed by atoms with E-state index in [9.17, 15) is 22.0 Å². The summed E-state index contributed by atoms with van der Waals surface area (Å²) in [7, 11) is -2.57. The highest BCUT2D eigenvalue weighted by Gasteiger charge is 2.41. The molecule has 1 aromatic heterocycles. The van der Waals surface area contributed by atoms with Crippen LogP contribution in [0, 0.1) is 11.6 Å². The molecule has 1 amide bonds. The van der Waals surface area contributed by atoms with E-state index in [2.05, 4.69) is 26.0 Å². The first-order valence-electron chi connectivity index (χ1n) is 7.43. The largest absolute Gasteiger partial charge is 0.325 e. The summed E-state index contributed by atoms with van der Waals surface area (Å²) in [6.07, 6.45) is 0.201. The van der Waals surface area contributed by atoms with Gasteiger partial charge in [-0.05, 0) is 39.9 Å². The molecule has 1 aliphatic heterocycles. The third-order valence-corrected chi connectivity index (χ3v) is 7.17. The number of hydrogen-bond donors (Lipinski definition) is 2. The maximum atomic E-state index is 13.5. The van der Waals surface area contributed by atoms with E-state index in [1.807, 2.05) is 5.38 Å². The van der Waals surface area contributed by atoms with Crippen LogP contribution in [0.3, 0.4) is 0 Å². The predicted molar refractivity (Wildman–Crippen MR) is 98.0 cm³/mol. The van der Waals surface area contributed by atoms with Gasteiger partial charge in [0.25, 0.3) is 10.2 Å². The maximum absolute atomic E-state index is 13.5.